The van der Waals surface area contributed by atoms with Gasteiger partial charge in [0.2, 0.25) is 0 Å². The Labute approximate surface area is 85.3 Å². The summed E-state index contributed by atoms with van der Waals surface area (Å²) in [6, 6.07) is 0.649. The predicted octanol–water partition coefficient (Wildman–Crippen LogP) is 2.93. The highest BCUT2D eigenvalue weighted by molar-refractivity contribution is 5.31. The van der Waals surface area contributed by atoms with Crippen LogP contribution in [0.4, 0.5) is 5.82 Å². The summed E-state index contributed by atoms with van der Waals surface area (Å²) < 4.78 is 0. The van der Waals surface area contributed by atoms with E-state index in [1.54, 1.807) is 6.33 Å². The molecule has 1 aliphatic carbocycles. The second kappa shape index (κ2) is 5.03. The zero-order chi connectivity index (χ0) is 9.64. The third-order valence-corrected chi connectivity index (χ3v) is 2.96. The molecule has 0 unspecified atom stereocenters. The summed E-state index contributed by atoms with van der Waals surface area (Å²) >= 11 is 0. The molecule has 1 aromatic rings. The van der Waals surface area contributed by atoms with Gasteiger partial charge in [0.15, 0.2) is 0 Å². The molecular weight excluding hydrogens is 174 g/mol. The number of H-pyrrole nitrogens is 1. The Hall–Kier alpha value is -0.990. The molecule has 3 nitrogen and oxygen atoms in total. The summed E-state index contributed by atoms with van der Waals surface area (Å²) in [5, 5.41) is 3.51. The predicted molar refractivity (Wildman–Crippen MR) is 58.3 cm³/mol. The first-order valence-corrected chi connectivity index (χ1v) is 5.70. The number of aromatic amines is 1. The first-order chi connectivity index (χ1) is 6.95. The first-order valence-electron chi connectivity index (χ1n) is 5.70. The lowest BCUT2D eigenvalue weighted by molar-refractivity contribution is 0.471. The van der Waals surface area contributed by atoms with Crippen LogP contribution in [0.25, 0.3) is 0 Å². The van der Waals surface area contributed by atoms with Gasteiger partial charge in [0.25, 0.3) is 0 Å². The minimum Gasteiger partial charge on any atom is -0.368 e. The van der Waals surface area contributed by atoms with E-state index in [0.717, 1.165) is 5.82 Å². The Morgan fingerprint density at radius 3 is 2.50 bits per heavy atom. The van der Waals surface area contributed by atoms with Gasteiger partial charge in [-0.1, -0.05) is 32.1 Å². The number of rotatable bonds is 2. The molecule has 78 valence electrons. The van der Waals surface area contributed by atoms with Crippen molar-refractivity contribution >= 4 is 5.82 Å². The zero-order valence-electron chi connectivity index (χ0n) is 8.63. The molecule has 0 aliphatic heterocycles. The summed E-state index contributed by atoms with van der Waals surface area (Å²) in [5.41, 5.74) is 0. The Kier molecular flexibility index (Phi) is 3.44. The average Bonchev–Trinajstić information content (AvgIpc) is 2.62. The molecular formula is C11H19N3. The lowest BCUT2D eigenvalue weighted by Gasteiger charge is -2.20. The van der Waals surface area contributed by atoms with Crippen LogP contribution in [0, 0.1) is 0 Å². The molecule has 0 spiro atoms. The summed E-state index contributed by atoms with van der Waals surface area (Å²) in [6.07, 6.45) is 13.2. The number of nitrogens with zero attached hydrogens (tertiary/aromatic N) is 1. The normalized spacial score (nSPS) is 20.0. The van der Waals surface area contributed by atoms with Gasteiger partial charge in [-0.05, 0) is 12.8 Å². The van der Waals surface area contributed by atoms with Crippen LogP contribution in [0.15, 0.2) is 12.5 Å². The lowest BCUT2D eigenvalue weighted by atomic mass is 9.97. The minimum absolute atomic E-state index is 0.649. The van der Waals surface area contributed by atoms with Gasteiger partial charge in [-0.2, -0.15) is 0 Å². The molecule has 3 heteroatoms. The minimum atomic E-state index is 0.649. The average molecular weight is 193 g/mol. The van der Waals surface area contributed by atoms with Crippen LogP contribution < -0.4 is 5.32 Å². The maximum Gasteiger partial charge on any atom is 0.123 e. The molecule has 2 N–H and O–H groups in total. The Bertz CT molecular complexity index is 235. The molecule has 1 fully saturated rings. The second-order valence-corrected chi connectivity index (χ2v) is 4.15. The molecule has 0 radical (unpaired) electrons. The van der Waals surface area contributed by atoms with E-state index in [2.05, 4.69) is 15.3 Å². The third-order valence-electron chi connectivity index (χ3n) is 2.96. The molecule has 0 bridgehead atoms. The van der Waals surface area contributed by atoms with Gasteiger partial charge in [-0.25, -0.2) is 4.98 Å². The fourth-order valence-electron chi connectivity index (χ4n) is 2.16. The fourth-order valence-corrected chi connectivity index (χ4v) is 2.16. The van der Waals surface area contributed by atoms with Gasteiger partial charge >= 0.3 is 0 Å². The molecule has 14 heavy (non-hydrogen) atoms. The van der Waals surface area contributed by atoms with Crippen molar-refractivity contribution in [2.75, 3.05) is 5.32 Å². The number of nitrogens with one attached hydrogen (secondary N) is 2. The van der Waals surface area contributed by atoms with Crippen molar-refractivity contribution in [2.24, 2.45) is 0 Å². The summed E-state index contributed by atoms with van der Waals surface area (Å²) in [4.78, 5) is 7.11. The van der Waals surface area contributed by atoms with Crippen LogP contribution in [0.5, 0.6) is 0 Å². The molecule has 1 saturated carbocycles. The van der Waals surface area contributed by atoms with E-state index in [-0.39, 0.29) is 0 Å². The molecule has 0 atom stereocenters. The molecule has 0 amide bonds. The maximum absolute atomic E-state index is 4.01. The van der Waals surface area contributed by atoms with Crippen LogP contribution in [0.3, 0.4) is 0 Å². The second-order valence-electron chi connectivity index (χ2n) is 4.15. The van der Waals surface area contributed by atoms with Crippen molar-refractivity contribution in [1.29, 1.82) is 0 Å². The maximum atomic E-state index is 4.01. The molecule has 1 aliphatic rings. The highest BCUT2D eigenvalue weighted by Crippen LogP contribution is 2.19. The van der Waals surface area contributed by atoms with Gasteiger partial charge in [0.05, 0.1) is 12.5 Å². The third kappa shape index (κ3) is 2.76. The van der Waals surface area contributed by atoms with Crippen molar-refractivity contribution in [3.8, 4) is 0 Å². The van der Waals surface area contributed by atoms with Crippen molar-refractivity contribution in [1.82, 2.24) is 9.97 Å². The fraction of sp³-hybridized carbons (Fsp3) is 0.727. The summed E-state index contributed by atoms with van der Waals surface area (Å²) in [7, 11) is 0. The van der Waals surface area contributed by atoms with Crippen LogP contribution in [-0.2, 0) is 0 Å². The molecule has 0 saturated heterocycles. The quantitative estimate of drug-likeness (QED) is 0.758. The number of anilines is 1. The van der Waals surface area contributed by atoms with E-state index >= 15 is 0 Å². The molecule has 1 aromatic heterocycles. The largest absolute Gasteiger partial charge is 0.368 e. The van der Waals surface area contributed by atoms with Crippen LogP contribution >= 0.6 is 0 Å². The van der Waals surface area contributed by atoms with E-state index in [9.17, 15) is 0 Å². The lowest BCUT2D eigenvalue weighted by Crippen LogP contribution is -2.20. The van der Waals surface area contributed by atoms with Crippen LogP contribution in [-0.4, -0.2) is 16.0 Å². The Balaban J connectivity index is 1.83. The first kappa shape index (κ1) is 9.56. The van der Waals surface area contributed by atoms with Crippen LogP contribution in [0.2, 0.25) is 0 Å². The SMILES string of the molecule is c1ncc(NC2CCCCCCC2)[nH]1. The van der Waals surface area contributed by atoms with E-state index in [1.165, 1.54) is 44.9 Å². The van der Waals surface area contributed by atoms with Crippen molar-refractivity contribution < 1.29 is 0 Å². The van der Waals surface area contributed by atoms with Gasteiger partial charge in [0, 0.05) is 6.04 Å². The molecule has 1 heterocycles. The number of imidazole rings is 1. The summed E-state index contributed by atoms with van der Waals surface area (Å²) in [6.45, 7) is 0. The zero-order valence-corrected chi connectivity index (χ0v) is 8.63. The van der Waals surface area contributed by atoms with E-state index < -0.39 is 0 Å². The Morgan fingerprint density at radius 2 is 1.86 bits per heavy atom. The number of hydrogen-bond donors (Lipinski definition) is 2. The highest BCUT2D eigenvalue weighted by Gasteiger charge is 2.10. The topological polar surface area (TPSA) is 40.7 Å². The summed E-state index contributed by atoms with van der Waals surface area (Å²) in [5.74, 6) is 1.07. The van der Waals surface area contributed by atoms with Crippen LogP contribution in [0.1, 0.15) is 44.9 Å². The van der Waals surface area contributed by atoms with E-state index in [4.69, 9.17) is 0 Å². The van der Waals surface area contributed by atoms with Crippen molar-refractivity contribution in [3.05, 3.63) is 12.5 Å². The van der Waals surface area contributed by atoms with Gasteiger partial charge < -0.3 is 10.3 Å². The number of hydrogen-bond acceptors (Lipinski definition) is 2. The highest BCUT2D eigenvalue weighted by atomic mass is 15.1. The van der Waals surface area contributed by atoms with Gasteiger partial charge in [-0.3, -0.25) is 0 Å². The standard InChI is InChI=1S/C11H19N3/c1-2-4-6-10(7-5-3-1)14-11-8-12-9-13-11/h8-10,14H,1-7H2,(H,12,13). The van der Waals surface area contributed by atoms with E-state index in [1.807, 2.05) is 6.20 Å². The van der Waals surface area contributed by atoms with Crippen molar-refractivity contribution in [3.63, 3.8) is 0 Å². The number of aromatic nitrogens is 2. The monoisotopic (exact) mass is 193 g/mol. The van der Waals surface area contributed by atoms with Gasteiger partial charge in [-0.15, -0.1) is 0 Å². The molecule has 2 rings (SSSR count). The Morgan fingerprint density at radius 1 is 1.14 bits per heavy atom. The smallest absolute Gasteiger partial charge is 0.123 e. The van der Waals surface area contributed by atoms with Crippen molar-refractivity contribution in [2.45, 2.75) is 51.0 Å². The van der Waals surface area contributed by atoms with Gasteiger partial charge in [0.1, 0.15) is 5.82 Å². The molecule has 0 aromatic carbocycles. The van der Waals surface area contributed by atoms with E-state index in [0.29, 0.717) is 6.04 Å².